The number of aromatic nitrogens is 1. The Hall–Kier alpha value is -5.46. The summed E-state index contributed by atoms with van der Waals surface area (Å²) in [6.45, 7) is 0. The predicted molar refractivity (Wildman–Crippen MR) is 183 cm³/mol. The molecule has 238 valence electrons. The van der Waals surface area contributed by atoms with Crippen molar-refractivity contribution in [3.05, 3.63) is 125 Å². The van der Waals surface area contributed by atoms with Gasteiger partial charge < -0.3 is 25.4 Å². The van der Waals surface area contributed by atoms with Crippen LogP contribution in [0, 0.1) is 5.82 Å². The summed E-state index contributed by atoms with van der Waals surface area (Å²) in [5.74, 6) is -0.313. The van der Waals surface area contributed by atoms with Gasteiger partial charge in [-0.3, -0.25) is 14.4 Å². The number of ether oxygens (including phenoxy) is 2. The molecule has 12 heteroatoms. The van der Waals surface area contributed by atoms with E-state index in [1.165, 1.54) is 53.4 Å². The predicted octanol–water partition coefficient (Wildman–Crippen LogP) is 7.11. The lowest BCUT2D eigenvalue weighted by molar-refractivity contribution is -0.114. The average Bonchev–Trinajstić information content (AvgIpc) is 3.56. The highest BCUT2D eigenvalue weighted by atomic mass is 32.2. The zero-order chi connectivity index (χ0) is 33.2. The highest BCUT2D eigenvalue weighted by Gasteiger charge is 2.16. The summed E-state index contributed by atoms with van der Waals surface area (Å²) in [7, 11) is 3.14. The quantitative estimate of drug-likeness (QED) is 0.0958. The molecule has 0 saturated carbocycles. The molecule has 0 atom stereocenters. The van der Waals surface area contributed by atoms with Crippen molar-refractivity contribution in [3.63, 3.8) is 0 Å². The molecule has 1 aromatic heterocycles. The van der Waals surface area contributed by atoms with Crippen molar-refractivity contribution < 1.29 is 28.2 Å². The molecule has 0 unspecified atom stereocenters. The van der Waals surface area contributed by atoms with Crippen LogP contribution in [0.1, 0.15) is 15.9 Å². The highest BCUT2D eigenvalue weighted by molar-refractivity contribution is 8.00. The molecule has 5 rings (SSSR count). The lowest BCUT2D eigenvalue weighted by Gasteiger charge is -2.12. The van der Waals surface area contributed by atoms with E-state index in [2.05, 4.69) is 20.9 Å². The number of anilines is 2. The van der Waals surface area contributed by atoms with Crippen LogP contribution in [0.15, 0.2) is 113 Å². The zero-order valence-electron chi connectivity index (χ0n) is 25.3. The Morgan fingerprint density at radius 2 is 1.60 bits per heavy atom. The van der Waals surface area contributed by atoms with Gasteiger partial charge in [-0.1, -0.05) is 30.3 Å². The minimum atomic E-state index is -0.561. The summed E-state index contributed by atoms with van der Waals surface area (Å²) >= 11 is 2.64. The smallest absolute Gasteiger partial charge is 0.272 e. The van der Waals surface area contributed by atoms with Gasteiger partial charge in [0.2, 0.25) is 5.91 Å². The first-order chi connectivity index (χ1) is 22.8. The van der Waals surface area contributed by atoms with Crippen LogP contribution in [-0.2, 0) is 9.59 Å². The van der Waals surface area contributed by atoms with Crippen molar-refractivity contribution in [1.82, 2.24) is 10.3 Å². The number of rotatable bonds is 12. The van der Waals surface area contributed by atoms with Gasteiger partial charge in [0.15, 0.2) is 16.6 Å². The number of hydrogen-bond acceptors (Lipinski definition) is 8. The number of hydrogen-bond donors (Lipinski definition) is 3. The van der Waals surface area contributed by atoms with Crippen molar-refractivity contribution in [2.45, 2.75) is 4.90 Å². The molecular formula is C35H29FN4O5S2. The van der Waals surface area contributed by atoms with E-state index in [9.17, 15) is 18.8 Å². The molecule has 5 aromatic rings. The van der Waals surface area contributed by atoms with Crippen LogP contribution in [0.4, 0.5) is 15.2 Å². The van der Waals surface area contributed by atoms with Crippen LogP contribution in [0.25, 0.3) is 17.3 Å². The molecule has 0 aliphatic rings. The molecule has 0 fully saturated rings. The maximum atomic E-state index is 13.4. The van der Waals surface area contributed by atoms with Crippen LogP contribution < -0.4 is 25.4 Å². The molecule has 0 bridgehead atoms. The normalized spacial score (nSPS) is 11.0. The number of carbonyl (C=O) groups excluding carboxylic acids is 3. The first-order valence-corrected chi connectivity index (χ1v) is 16.0. The van der Waals surface area contributed by atoms with Crippen molar-refractivity contribution in [2.75, 3.05) is 30.6 Å². The van der Waals surface area contributed by atoms with E-state index in [-0.39, 0.29) is 17.4 Å². The second-order valence-corrected chi connectivity index (χ2v) is 11.8. The summed E-state index contributed by atoms with van der Waals surface area (Å²) in [6, 6.07) is 26.5. The third-order valence-corrected chi connectivity index (χ3v) is 8.39. The number of halogens is 1. The standard InChI is InChI=1S/C35H29FN4O5S2/c1-44-30-17-10-24(19-31(30)45-2)29-20-47-35(39-29)40-32(41)21-46-27-15-13-26(14-16-27)37-34(43)28(18-22-8-11-25(36)12-9-22)38-33(42)23-6-4-3-5-7-23/h3-20H,21H2,1-2H3,(H,37,43)(H,38,42)(H,39,40,41)/b28-18-. The molecule has 0 saturated heterocycles. The van der Waals surface area contributed by atoms with Crippen molar-refractivity contribution in [3.8, 4) is 22.8 Å². The van der Waals surface area contributed by atoms with E-state index in [0.29, 0.717) is 39.1 Å². The fourth-order valence-electron chi connectivity index (χ4n) is 4.26. The van der Waals surface area contributed by atoms with Crippen LogP contribution in [0.3, 0.4) is 0 Å². The summed E-state index contributed by atoms with van der Waals surface area (Å²) in [6.07, 6.45) is 1.47. The lowest BCUT2D eigenvalue weighted by atomic mass is 10.1. The monoisotopic (exact) mass is 668 g/mol. The van der Waals surface area contributed by atoms with Crippen molar-refractivity contribution in [2.24, 2.45) is 0 Å². The Bertz CT molecular complexity index is 1900. The number of nitrogens with zero attached hydrogens (tertiary/aromatic N) is 1. The maximum absolute atomic E-state index is 13.4. The molecule has 1 heterocycles. The van der Waals surface area contributed by atoms with E-state index in [1.54, 1.807) is 74.9 Å². The van der Waals surface area contributed by atoms with Gasteiger partial charge in [-0.05, 0) is 78.4 Å². The summed E-state index contributed by atoms with van der Waals surface area (Å²) < 4.78 is 24.1. The van der Waals surface area contributed by atoms with Gasteiger partial charge in [0.25, 0.3) is 11.8 Å². The van der Waals surface area contributed by atoms with E-state index in [4.69, 9.17) is 9.47 Å². The van der Waals surface area contributed by atoms with Crippen LogP contribution in [0.2, 0.25) is 0 Å². The van der Waals surface area contributed by atoms with E-state index in [0.717, 1.165) is 10.5 Å². The third kappa shape index (κ3) is 9.06. The first kappa shape index (κ1) is 32.9. The lowest BCUT2D eigenvalue weighted by Crippen LogP contribution is -2.30. The Morgan fingerprint density at radius 3 is 2.30 bits per heavy atom. The molecule has 47 heavy (non-hydrogen) atoms. The van der Waals surface area contributed by atoms with Crippen molar-refractivity contribution >= 4 is 57.7 Å². The molecule has 4 aromatic carbocycles. The molecule has 9 nitrogen and oxygen atoms in total. The fraction of sp³-hybridized carbons (Fsp3) is 0.0857. The van der Waals surface area contributed by atoms with Gasteiger partial charge in [-0.25, -0.2) is 9.37 Å². The van der Waals surface area contributed by atoms with Gasteiger partial charge in [0.05, 0.1) is 25.7 Å². The van der Waals surface area contributed by atoms with Crippen LogP contribution >= 0.6 is 23.1 Å². The van der Waals surface area contributed by atoms with Gasteiger partial charge >= 0.3 is 0 Å². The average molecular weight is 669 g/mol. The number of methoxy groups -OCH3 is 2. The summed E-state index contributed by atoms with van der Waals surface area (Å²) in [5, 5.41) is 10.6. The summed E-state index contributed by atoms with van der Waals surface area (Å²) in [4.78, 5) is 44.0. The maximum Gasteiger partial charge on any atom is 0.272 e. The van der Waals surface area contributed by atoms with Crippen LogP contribution in [-0.4, -0.2) is 42.7 Å². The Balaban J connectivity index is 1.17. The number of carbonyl (C=O) groups is 3. The minimum Gasteiger partial charge on any atom is -0.493 e. The Kier molecular flexibility index (Phi) is 11.0. The molecule has 0 aliphatic carbocycles. The Morgan fingerprint density at radius 1 is 0.872 bits per heavy atom. The molecule has 0 aliphatic heterocycles. The largest absolute Gasteiger partial charge is 0.493 e. The fourth-order valence-corrected chi connectivity index (χ4v) is 5.70. The number of amides is 3. The van der Waals surface area contributed by atoms with Gasteiger partial charge in [-0.15, -0.1) is 23.1 Å². The minimum absolute atomic E-state index is 0.0166. The molecule has 3 N–H and O–H groups in total. The van der Waals surface area contributed by atoms with Gasteiger partial charge in [-0.2, -0.15) is 0 Å². The van der Waals surface area contributed by atoms with E-state index in [1.807, 2.05) is 17.5 Å². The van der Waals surface area contributed by atoms with E-state index < -0.39 is 17.6 Å². The second kappa shape index (κ2) is 15.7. The van der Waals surface area contributed by atoms with Crippen molar-refractivity contribution in [1.29, 1.82) is 0 Å². The number of thioether (sulfide) groups is 1. The molecular weight excluding hydrogens is 640 g/mol. The Labute approximate surface area is 278 Å². The third-order valence-electron chi connectivity index (χ3n) is 6.62. The number of benzene rings is 4. The van der Waals surface area contributed by atoms with E-state index >= 15 is 0 Å². The zero-order valence-corrected chi connectivity index (χ0v) is 26.9. The molecule has 0 spiro atoms. The molecule has 0 radical (unpaired) electrons. The summed E-state index contributed by atoms with van der Waals surface area (Å²) in [5.41, 5.74) is 2.91. The van der Waals surface area contributed by atoms with Gasteiger partial charge in [0, 0.05) is 27.1 Å². The molecule has 3 amide bonds. The SMILES string of the molecule is COc1ccc(-c2csc(NC(=O)CSc3ccc(NC(=O)/C(=C/c4ccc(F)cc4)NC(=O)c4ccccc4)cc3)n2)cc1OC. The number of thiazole rings is 1. The topological polar surface area (TPSA) is 119 Å². The number of nitrogens with one attached hydrogen (secondary N) is 3. The van der Waals surface area contributed by atoms with Crippen LogP contribution in [0.5, 0.6) is 11.5 Å². The highest BCUT2D eigenvalue weighted by Crippen LogP contribution is 2.33. The van der Waals surface area contributed by atoms with Gasteiger partial charge in [0.1, 0.15) is 11.5 Å². The first-order valence-electron chi connectivity index (χ1n) is 14.2. The second-order valence-electron chi connectivity index (χ2n) is 9.85.